The Hall–Kier alpha value is -12.6. The second kappa shape index (κ2) is 55.7. The second-order valence-electron chi connectivity index (χ2n) is 33.1. The minimum Gasteiger partial charge on any atom is -0.508 e. The number of amides is 4. The fraction of sp³-hybridized carbons (Fsp3) is 0.475. The number of ether oxygens (including phenoxy) is 4. The lowest BCUT2D eigenvalue weighted by Crippen LogP contribution is -2.37. The van der Waals surface area contributed by atoms with E-state index in [1.54, 1.807) is 64.7 Å². The summed E-state index contributed by atoms with van der Waals surface area (Å²) in [6.45, 7) is 10.6. The predicted octanol–water partition coefficient (Wildman–Crippen LogP) is 16.4. The van der Waals surface area contributed by atoms with Crippen LogP contribution in [-0.4, -0.2) is 235 Å². The zero-order valence-electron chi connectivity index (χ0n) is 75.9. The van der Waals surface area contributed by atoms with Crippen LogP contribution in [0.25, 0.3) is 0 Å². The normalized spacial score (nSPS) is 22.5. The van der Waals surface area contributed by atoms with Gasteiger partial charge in [-0.1, -0.05) is 117 Å². The molecule has 8 heterocycles. The molecule has 4 aromatic rings. The van der Waals surface area contributed by atoms with E-state index in [-0.39, 0.29) is 166 Å². The minimum absolute atomic E-state index is 0.0191. The highest BCUT2D eigenvalue weighted by atomic mass is 35.5. The number of phenols is 8. The second-order valence-corrected chi connectivity index (χ2v) is 33.9. The van der Waals surface area contributed by atoms with Gasteiger partial charge in [0.15, 0.2) is 26.4 Å². The zero-order valence-corrected chi connectivity index (χ0v) is 77.4. The maximum atomic E-state index is 12.9. The van der Waals surface area contributed by atoms with Crippen molar-refractivity contribution in [2.45, 2.75) is 219 Å². The van der Waals surface area contributed by atoms with Crippen LogP contribution in [0.4, 0.5) is 0 Å². The lowest BCUT2D eigenvalue weighted by atomic mass is 9.99. The highest BCUT2D eigenvalue weighted by molar-refractivity contribution is 6.34. The van der Waals surface area contributed by atoms with Crippen molar-refractivity contribution in [3.8, 4) is 46.0 Å². The first-order valence-corrected chi connectivity index (χ1v) is 46.5. The van der Waals surface area contributed by atoms with E-state index >= 15 is 0 Å². The third kappa shape index (κ3) is 34.8. The summed E-state index contributed by atoms with van der Waals surface area (Å²) < 4.78 is 21.7. The minimum atomic E-state index is -0.753. The van der Waals surface area contributed by atoms with Crippen molar-refractivity contribution in [3.05, 3.63) is 188 Å². The molecule has 0 aliphatic carbocycles. The van der Waals surface area contributed by atoms with E-state index in [2.05, 4.69) is 20.6 Å². The van der Waals surface area contributed by atoms with Crippen molar-refractivity contribution in [2.24, 2.45) is 20.6 Å². The number of hydrogen-bond acceptors (Lipinski definition) is 28. The first-order valence-electron chi connectivity index (χ1n) is 45.7. The van der Waals surface area contributed by atoms with Gasteiger partial charge in [-0.05, 0) is 214 Å². The van der Waals surface area contributed by atoms with Crippen LogP contribution in [0, 0.1) is 0 Å². The Morgan fingerprint density at radius 3 is 0.910 bits per heavy atom. The van der Waals surface area contributed by atoms with Gasteiger partial charge in [-0.3, -0.25) is 19.2 Å². The van der Waals surface area contributed by atoms with Gasteiger partial charge >= 0.3 is 23.9 Å². The molecule has 32 nitrogen and oxygen atoms in total. The van der Waals surface area contributed by atoms with Gasteiger partial charge in [0, 0.05) is 122 Å². The van der Waals surface area contributed by atoms with Gasteiger partial charge in [-0.2, -0.15) is 0 Å². The number of aromatic hydroxyl groups is 8. The highest BCUT2D eigenvalue weighted by Gasteiger charge is 2.31. The number of halogens is 2. The average Bonchev–Trinajstić information content (AvgIpc) is 0.796. The Morgan fingerprint density at radius 1 is 0.331 bits per heavy atom. The molecule has 0 unspecified atom stereocenters. The number of piperidine rings is 4. The summed E-state index contributed by atoms with van der Waals surface area (Å²) in [6.07, 6.45) is 50.3. The number of phenolic OH excluding ortho intramolecular Hbond substituents is 8. The van der Waals surface area contributed by atoms with Crippen LogP contribution < -0.4 is 0 Å². The molecule has 0 aromatic heterocycles. The molecule has 12 rings (SSSR count). The van der Waals surface area contributed by atoms with Gasteiger partial charge in [-0.15, -0.1) is 0 Å². The van der Waals surface area contributed by atoms with E-state index < -0.39 is 47.6 Å². The van der Waals surface area contributed by atoms with Crippen LogP contribution in [0.5, 0.6) is 46.0 Å². The fourth-order valence-electron chi connectivity index (χ4n) is 15.4. The van der Waals surface area contributed by atoms with E-state index in [4.69, 9.17) is 61.5 Å². The lowest BCUT2D eigenvalue weighted by molar-refractivity contribution is -0.137. The summed E-state index contributed by atoms with van der Waals surface area (Å²) in [5.41, 5.74) is 2.38. The smallest absolute Gasteiger partial charge is 0.342 e. The summed E-state index contributed by atoms with van der Waals surface area (Å²) in [6, 6.07) is 7.02. The summed E-state index contributed by atoms with van der Waals surface area (Å²) in [7, 11) is 0. The topological polar surface area (TPSA) is 435 Å². The number of likely N-dealkylation sites (tertiary alicyclic amines) is 4. The Bertz CT molecular complexity index is 4870. The van der Waals surface area contributed by atoms with E-state index in [0.29, 0.717) is 85.8 Å². The number of fused-ring (bicyclic) bond motifs is 4. The van der Waals surface area contributed by atoms with Crippen LogP contribution >= 0.6 is 23.2 Å². The van der Waals surface area contributed by atoms with Crippen molar-refractivity contribution in [1.29, 1.82) is 0 Å². The number of esters is 4. The Balaban J connectivity index is 0.000000199. The number of rotatable bonds is 12. The molecule has 718 valence electrons. The fourth-order valence-corrected chi connectivity index (χ4v) is 15.8. The molecule has 34 heteroatoms. The molecule has 4 aromatic carbocycles. The van der Waals surface area contributed by atoms with Crippen LogP contribution in [-0.2, 0) is 83.2 Å². The number of oxime groups is 4. The molecular formula is C99H124Cl2N8O24. The molecule has 0 bridgehead atoms. The largest absolute Gasteiger partial charge is 0.508 e. The molecular weight excluding hydrogens is 1760 g/mol. The number of benzene rings is 4. The SMILES string of the molecule is C[C@@H]1C/C=C/CC/C=C/C(=N/OCC(=O)N2CCCCC2)Cc2c(Cl)c(O)cc(O)c2C(=O)O1.C[C@@H]1C/C=C/CC/C=C/C(=N/OCC(=O)N2CCCCC2)Cc2cc(O)cc(O)c2C(=O)O1.C[C@@H]1C/C=C/CC/C=C/C(=N\OCC(=O)N2CCCCC2)Cc2c(Cl)c(O)cc(O)c2C(=O)O1.O=C1OCC/C=C/CC/C=C/C(=N\OCC(=O)N2CCCCC2)Cc2cc(O)cc(O)c21. The van der Waals surface area contributed by atoms with Gasteiger partial charge in [0.2, 0.25) is 0 Å². The molecule has 8 aliphatic rings. The molecule has 4 amide bonds. The van der Waals surface area contributed by atoms with Crippen molar-refractivity contribution in [3.63, 3.8) is 0 Å². The maximum absolute atomic E-state index is 12.9. The Morgan fingerprint density at radius 2 is 0.594 bits per heavy atom. The van der Waals surface area contributed by atoms with Crippen LogP contribution in [0.15, 0.2) is 154 Å². The van der Waals surface area contributed by atoms with Gasteiger partial charge in [0.25, 0.3) is 23.6 Å². The van der Waals surface area contributed by atoms with Crippen LogP contribution in [0.3, 0.4) is 0 Å². The van der Waals surface area contributed by atoms with E-state index in [0.717, 1.165) is 179 Å². The molecule has 0 saturated carbocycles. The van der Waals surface area contributed by atoms with Crippen molar-refractivity contribution in [1.82, 2.24) is 19.6 Å². The van der Waals surface area contributed by atoms with Crippen LogP contribution in [0.1, 0.15) is 239 Å². The molecule has 3 atom stereocenters. The molecule has 4 fully saturated rings. The summed E-state index contributed by atoms with van der Waals surface area (Å²) >= 11 is 12.7. The van der Waals surface area contributed by atoms with Gasteiger partial charge in [0.05, 0.1) is 39.5 Å². The Kier molecular flexibility index (Phi) is 43.6. The average molecular weight is 1880 g/mol. The quantitative estimate of drug-likeness (QED) is 0.0283. The predicted molar refractivity (Wildman–Crippen MR) is 503 cm³/mol. The van der Waals surface area contributed by atoms with Crippen molar-refractivity contribution >= 4 is 93.6 Å². The highest BCUT2D eigenvalue weighted by Crippen LogP contribution is 2.40. The number of carbonyl (C=O) groups is 8. The molecule has 133 heavy (non-hydrogen) atoms. The van der Waals surface area contributed by atoms with Crippen LogP contribution in [0.2, 0.25) is 10.0 Å². The molecule has 8 N–H and O–H groups in total. The number of carbonyl (C=O) groups excluding carboxylic acids is 8. The van der Waals surface area contributed by atoms with Gasteiger partial charge in [0.1, 0.15) is 86.6 Å². The number of allylic oxidation sites excluding steroid dienone is 12. The van der Waals surface area contributed by atoms with Gasteiger partial charge < -0.3 is 98.7 Å². The lowest BCUT2D eigenvalue weighted by Gasteiger charge is -2.26. The number of nitrogens with zero attached hydrogens (tertiary/aromatic N) is 8. The van der Waals surface area contributed by atoms with Crippen molar-refractivity contribution < 1.29 is 118 Å². The Labute approximate surface area is 785 Å². The monoisotopic (exact) mass is 1880 g/mol. The van der Waals surface area contributed by atoms with Gasteiger partial charge in [-0.25, -0.2) is 19.2 Å². The molecule has 0 spiro atoms. The summed E-state index contributed by atoms with van der Waals surface area (Å²) in [5.74, 6) is -6.05. The summed E-state index contributed by atoms with van der Waals surface area (Å²) in [5, 5.41) is 98.1. The first-order chi connectivity index (χ1) is 64.2. The number of hydrogen-bond donors (Lipinski definition) is 8. The zero-order chi connectivity index (χ0) is 95.4. The van der Waals surface area contributed by atoms with E-state index in [1.807, 2.05) is 72.9 Å². The standard InChI is InChI=1S/2C25H31ClN2O6.C25H32N2O6.C24H30N2O6/c2*1-17-10-6-3-2-4-7-11-18(27-33-16-22(31)28-12-8-5-9-13-28)14-19-23(25(32)34-17)20(29)15-21(30)24(19)26;1-18-10-6-3-2-4-7-11-20(26-32-17-23(30)27-12-8-5-9-13-27)14-19-15-21(28)16-22(29)24(19)25(31)33-18;27-20-15-18-14-19(25-32-17-22(29)26-11-7-5-8-12-26)10-6-3-1-2-4-9-13-31-24(30)23(18)21(28)16-20/h2*3,6-7,11,15,17,29-30H,2,4-5,8-10,12-14,16H2,1H3;3,6-7,11,15-16,18,28-29H,2,4-5,8-10,12-14,17H2,1H3;2,4,6,10,15-16,27-28H,1,3,5,7-9,11-14,17H2/b6-3+,11-7+,27-18+;6-3+,11-7+,27-18-;6-3+,11-7+,26-20-;4-2+,10-6+,25-19+/t2*17-;18-;/m111./s1. The van der Waals surface area contributed by atoms with Crippen molar-refractivity contribution in [2.75, 3.05) is 85.4 Å². The first kappa shape index (κ1) is 104. The van der Waals surface area contributed by atoms with E-state index in [9.17, 15) is 79.2 Å². The summed E-state index contributed by atoms with van der Waals surface area (Å²) in [4.78, 5) is 129. The molecule has 4 saturated heterocycles. The third-order valence-electron chi connectivity index (χ3n) is 22.4. The third-order valence-corrected chi connectivity index (χ3v) is 23.2. The molecule has 8 aliphatic heterocycles. The number of cyclic esters (lactones) is 4. The molecule has 0 radical (unpaired) electrons. The van der Waals surface area contributed by atoms with E-state index in [1.165, 1.54) is 12.1 Å². The maximum Gasteiger partial charge on any atom is 0.342 e.